The summed E-state index contributed by atoms with van der Waals surface area (Å²) in [7, 11) is 1.88. The molecule has 2 heterocycles. The van der Waals surface area contributed by atoms with Crippen molar-refractivity contribution in [1.82, 2.24) is 9.55 Å². The van der Waals surface area contributed by atoms with Crippen LogP contribution in [0.1, 0.15) is 4.88 Å². The molecule has 0 atom stereocenters. The Morgan fingerprint density at radius 3 is 3.14 bits per heavy atom. The van der Waals surface area contributed by atoms with Crippen molar-refractivity contribution >= 4 is 33.2 Å². The van der Waals surface area contributed by atoms with Crippen LogP contribution in [0.25, 0.3) is 0 Å². The standard InChI is InChI=1S/C9H10BrN3S/c1-11-9-12-2-3-13(9)5-8-4-7(10)6-14-8/h2-4,6H,5H2,1H3,(H,11,12). The lowest BCUT2D eigenvalue weighted by Gasteiger charge is -2.04. The molecule has 5 heteroatoms. The molecular weight excluding hydrogens is 262 g/mol. The van der Waals surface area contributed by atoms with Gasteiger partial charge in [-0.1, -0.05) is 0 Å². The predicted octanol–water partition coefficient (Wildman–Crippen LogP) is 2.80. The van der Waals surface area contributed by atoms with Crippen molar-refractivity contribution in [2.75, 3.05) is 12.4 Å². The number of hydrogen-bond donors (Lipinski definition) is 1. The van der Waals surface area contributed by atoms with Crippen LogP contribution in [0.3, 0.4) is 0 Å². The third-order valence-corrected chi connectivity index (χ3v) is 3.57. The lowest BCUT2D eigenvalue weighted by atomic mass is 10.4. The zero-order valence-electron chi connectivity index (χ0n) is 7.70. The van der Waals surface area contributed by atoms with Gasteiger partial charge in [0.15, 0.2) is 0 Å². The van der Waals surface area contributed by atoms with Gasteiger partial charge in [0.2, 0.25) is 5.95 Å². The smallest absolute Gasteiger partial charge is 0.202 e. The fourth-order valence-corrected chi connectivity index (χ4v) is 2.72. The summed E-state index contributed by atoms with van der Waals surface area (Å²) >= 11 is 5.19. The van der Waals surface area contributed by atoms with E-state index in [0.29, 0.717) is 0 Å². The molecule has 0 aliphatic rings. The molecule has 0 amide bonds. The molecule has 0 saturated heterocycles. The average molecular weight is 272 g/mol. The van der Waals surface area contributed by atoms with E-state index in [9.17, 15) is 0 Å². The number of anilines is 1. The van der Waals surface area contributed by atoms with Crippen molar-refractivity contribution in [3.05, 3.63) is 33.2 Å². The SMILES string of the molecule is CNc1nccn1Cc1cc(Br)cs1. The van der Waals surface area contributed by atoms with E-state index in [1.807, 2.05) is 13.2 Å². The largest absolute Gasteiger partial charge is 0.359 e. The minimum Gasteiger partial charge on any atom is -0.359 e. The van der Waals surface area contributed by atoms with Gasteiger partial charge in [0, 0.05) is 34.2 Å². The number of hydrogen-bond acceptors (Lipinski definition) is 3. The maximum atomic E-state index is 4.18. The van der Waals surface area contributed by atoms with E-state index in [1.165, 1.54) is 4.88 Å². The molecule has 74 valence electrons. The van der Waals surface area contributed by atoms with E-state index in [-0.39, 0.29) is 0 Å². The van der Waals surface area contributed by atoms with Crippen molar-refractivity contribution in [2.45, 2.75) is 6.54 Å². The molecule has 0 saturated carbocycles. The van der Waals surface area contributed by atoms with Gasteiger partial charge >= 0.3 is 0 Å². The monoisotopic (exact) mass is 271 g/mol. The second-order valence-corrected chi connectivity index (χ2v) is 4.77. The summed E-state index contributed by atoms with van der Waals surface area (Å²) in [4.78, 5) is 5.49. The first-order valence-electron chi connectivity index (χ1n) is 4.21. The third-order valence-electron chi connectivity index (χ3n) is 1.89. The average Bonchev–Trinajstić information content (AvgIpc) is 2.76. The number of thiophene rings is 1. The zero-order valence-corrected chi connectivity index (χ0v) is 10.1. The zero-order chi connectivity index (χ0) is 9.97. The predicted molar refractivity (Wildman–Crippen MR) is 62.9 cm³/mol. The van der Waals surface area contributed by atoms with Gasteiger partial charge < -0.3 is 9.88 Å². The summed E-state index contributed by atoms with van der Waals surface area (Å²) in [6.45, 7) is 0.868. The molecule has 2 aromatic heterocycles. The van der Waals surface area contributed by atoms with Gasteiger partial charge in [0.05, 0.1) is 6.54 Å². The Morgan fingerprint density at radius 2 is 2.50 bits per heavy atom. The minimum atomic E-state index is 0.868. The molecule has 0 radical (unpaired) electrons. The molecule has 0 bridgehead atoms. The van der Waals surface area contributed by atoms with E-state index in [0.717, 1.165) is 17.0 Å². The lowest BCUT2D eigenvalue weighted by Crippen LogP contribution is -2.02. The second-order valence-electron chi connectivity index (χ2n) is 2.86. The summed E-state index contributed by atoms with van der Waals surface area (Å²) < 4.78 is 3.22. The van der Waals surface area contributed by atoms with E-state index >= 15 is 0 Å². The van der Waals surface area contributed by atoms with Crippen LogP contribution < -0.4 is 5.32 Å². The van der Waals surface area contributed by atoms with Crippen LogP contribution in [0.15, 0.2) is 28.3 Å². The molecule has 0 fully saturated rings. The van der Waals surface area contributed by atoms with E-state index < -0.39 is 0 Å². The summed E-state index contributed by atoms with van der Waals surface area (Å²) in [5.74, 6) is 0.898. The first-order valence-corrected chi connectivity index (χ1v) is 5.88. The Bertz CT molecular complexity index is 421. The molecule has 3 nitrogen and oxygen atoms in total. The Kier molecular flexibility index (Phi) is 2.88. The number of rotatable bonds is 3. The van der Waals surface area contributed by atoms with Crippen molar-refractivity contribution < 1.29 is 0 Å². The maximum Gasteiger partial charge on any atom is 0.202 e. The first-order chi connectivity index (χ1) is 6.79. The summed E-state index contributed by atoms with van der Waals surface area (Å²) in [5, 5.41) is 5.14. The normalized spacial score (nSPS) is 10.4. The molecule has 2 rings (SSSR count). The third kappa shape index (κ3) is 1.99. The molecule has 0 spiro atoms. The quantitative estimate of drug-likeness (QED) is 0.931. The van der Waals surface area contributed by atoms with E-state index in [1.54, 1.807) is 17.5 Å². The highest BCUT2D eigenvalue weighted by molar-refractivity contribution is 9.10. The number of nitrogens with one attached hydrogen (secondary N) is 1. The van der Waals surface area contributed by atoms with E-state index in [2.05, 4.69) is 42.2 Å². The van der Waals surface area contributed by atoms with E-state index in [4.69, 9.17) is 0 Å². The fraction of sp³-hybridized carbons (Fsp3) is 0.222. The van der Waals surface area contributed by atoms with Crippen molar-refractivity contribution in [2.24, 2.45) is 0 Å². The number of halogens is 1. The van der Waals surface area contributed by atoms with Crippen LogP contribution in [0.2, 0.25) is 0 Å². The van der Waals surface area contributed by atoms with Gasteiger partial charge in [-0.2, -0.15) is 0 Å². The van der Waals surface area contributed by atoms with Gasteiger partial charge in [-0.05, 0) is 22.0 Å². The lowest BCUT2D eigenvalue weighted by molar-refractivity contribution is 0.817. The van der Waals surface area contributed by atoms with Crippen LogP contribution in [0.4, 0.5) is 5.95 Å². The minimum absolute atomic E-state index is 0.868. The van der Waals surface area contributed by atoms with Crippen molar-refractivity contribution in [1.29, 1.82) is 0 Å². The highest BCUT2D eigenvalue weighted by Gasteiger charge is 2.02. The highest BCUT2D eigenvalue weighted by Crippen LogP contribution is 2.21. The Labute approximate surface area is 94.9 Å². The van der Waals surface area contributed by atoms with Crippen LogP contribution in [0.5, 0.6) is 0 Å². The van der Waals surface area contributed by atoms with Crippen LogP contribution in [-0.4, -0.2) is 16.6 Å². The molecule has 1 N–H and O–H groups in total. The summed E-state index contributed by atoms with van der Waals surface area (Å²) in [6, 6.07) is 2.13. The van der Waals surface area contributed by atoms with Crippen molar-refractivity contribution in [3.63, 3.8) is 0 Å². The Balaban J connectivity index is 2.18. The Morgan fingerprint density at radius 1 is 1.64 bits per heavy atom. The van der Waals surface area contributed by atoms with Crippen LogP contribution in [-0.2, 0) is 6.54 Å². The number of nitrogens with zero attached hydrogens (tertiary/aromatic N) is 2. The number of aromatic nitrogens is 2. The van der Waals surface area contributed by atoms with Crippen LogP contribution >= 0.6 is 27.3 Å². The molecule has 0 aromatic carbocycles. The van der Waals surface area contributed by atoms with Gasteiger partial charge in [-0.15, -0.1) is 11.3 Å². The molecule has 14 heavy (non-hydrogen) atoms. The van der Waals surface area contributed by atoms with Crippen molar-refractivity contribution in [3.8, 4) is 0 Å². The number of imidazole rings is 1. The van der Waals surface area contributed by atoms with Gasteiger partial charge in [-0.3, -0.25) is 0 Å². The van der Waals surface area contributed by atoms with Gasteiger partial charge in [0.1, 0.15) is 0 Å². The van der Waals surface area contributed by atoms with Gasteiger partial charge in [-0.25, -0.2) is 4.98 Å². The Hall–Kier alpha value is -0.810. The molecule has 2 aromatic rings. The fourth-order valence-electron chi connectivity index (χ4n) is 1.27. The first kappa shape index (κ1) is 9.73. The molecule has 0 unspecified atom stereocenters. The molecular formula is C9H10BrN3S. The summed E-state index contributed by atoms with van der Waals surface area (Å²) in [5.41, 5.74) is 0. The topological polar surface area (TPSA) is 29.9 Å². The summed E-state index contributed by atoms with van der Waals surface area (Å²) in [6.07, 6.45) is 3.77. The second kappa shape index (κ2) is 4.14. The van der Waals surface area contributed by atoms with Gasteiger partial charge in [0.25, 0.3) is 0 Å². The highest BCUT2D eigenvalue weighted by atomic mass is 79.9. The molecule has 0 aliphatic carbocycles. The van der Waals surface area contributed by atoms with Crippen LogP contribution in [0, 0.1) is 0 Å². The maximum absolute atomic E-state index is 4.18. The molecule has 0 aliphatic heterocycles.